The number of nitrogens with zero attached hydrogens (tertiary/aromatic N) is 2. The minimum atomic E-state index is -0.694. The van der Waals surface area contributed by atoms with Crippen molar-refractivity contribution in [3.8, 4) is 0 Å². The van der Waals surface area contributed by atoms with E-state index >= 15 is 0 Å². The lowest BCUT2D eigenvalue weighted by Gasteiger charge is -2.15. The van der Waals surface area contributed by atoms with Gasteiger partial charge < -0.3 is 10.4 Å². The summed E-state index contributed by atoms with van der Waals surface area (Å²) in [6, 6.07) is 6.37. The van der Waals surface area contributed by atoms with E-state index < -0.39 is 11.7 Å². The zero-order chi connectivity index (χ0) is 18.0. The highest BCUT2D eigenvalue weighted by Gasteiger charge is 2.21. The minimum absolute atomic E-state index is 0.291. The number of nitrogens with one attached hydrogen (secondary N) is 1. The van der Waals surface area contributed by atoms with E-state index in [9.17, 15) is 14.3 Å². The Morgan fingerprint density at radius 1 is 1.52 bits per heavy atom. The fourth-order valence-corrected chi connectivity index (χ4v) is 3.27. The molecule has 25 heavy (non-hydrogen) atoms. The molecule has 0 spiro atoms. The van der Waals surface area contributed by atoms with Crippen LogP contribution in [0.25, 0.3) is 0 Å². The van der Waals surface area contributed by atoms with E-state index in [1.54, 1.807) is 18.2 Å². The van der Waals surface area contributed by atoms with E-state index in [0.717, 1.165) is 6.54 Å². The zero-order valence-corrected chi connectivity index (χ0v) is 15.5. The summed E-state index contributed by atoms with van der Waals surface area (Å²) in [7, 11) is 0. The first-order valence-corrected chi connectivity index (χ1v) is 8.91. The Balaban J connectivity index is 1.72. The number of carbonyl (C=O) groups excluding carboxylic acids is 1. The summed E-state index contributed by atoms with van der Waals surface area (Å²) < 4.78 is 14.9. The normalized spacial score (nSPS) is 17.7. The second-order valence-corrected chi connectivity index (χ2v) is 7.14. The SMILES string of the molecule is O=C(Nc1cccc(Br)c1Cl)c1ncc(CN2CC[C@@H](O)C2)cc1F. The van der Waals surface area contributed by atoms with Gasteiger partial charge >= 0.3 is 0 Å². The summed E-state index contributed by atoms with van der Waals surface area (Å²) in [5, 5.41) is 12.4. The first kappa shape index (κ1) is 18.3. The Labute approximate surface area is 157 Å². The molecule has 0 aliphatic carbocycles. The Kier molecular flexibility index (Phi) is 5.68. The molecule has 132 valence electrons. The van der Waals surface area contributed by atoms with Gasteiger partial charge in [0.05, 0.1) is 16.8 Å². The molecule has 1 amide bonds. The molecule has 1 aliphatic rings. The van der Waals surface area contributed by atoms with Crippen LogP contribution in [0.1, 0.15) is 22.5 Å². The molecule has 0 radical (unpaired) electrons. The number of aromatic nitrogens is 1. The molecule has 1 atom stereocenters. The van der Waals surface area contributed by atoms with Crippen molar-refractivity contribution in [3.05, 3.63) is 57.0 Å². The van der Waals surface area contributed by atoms with Crippen molar-refractivity contribution in [1.82, 2.24) is 9.88 Å². The molecule has 1 saturated heterocycles. The summed E-state index contributed by atoms with van der Waals surface area (Å²) in [4.78, 5) is 18.2. The fourth-order valence-electron chi connectivity index (χ4n) is 2.73. The average molecular weight is 429 g/mol. The lowest BCUT2D eigenvalue weighted by molar-refractivity contribution is 0.101. The maximum atomic E-state index is 14.3. The molecule has 2 aromatic rings. The number of aliphatic hydroxyl groups is 1. The summed E-state index contributed by atoms with van der Waals surface area (Å²) in [5.41, 5.74) is 0.738. The highest BCUT2D eigenvalue weighted by molar-refractivity contribution is 9.10. The standard InChI is InChI=1S/C17H16BrClFN3O2/c18-12-2-1-3-14(15(12)19)22-17(25)16-13(20)6-10(7-21-16)8-23-5-4-11(24)9-23/h1-3,6-7,11,24H,4-5,8-9H2,(H,22,25)/t11-/m1/s1. The molecule has 5 nitrogen and oxygen atoms in total. The van der Waals surface area contributed by atoms with E-state index in [1.807, 2.05) is 4.90 Å². The number of carbonyl (C=O) groups is 1. The van der Waals surface area contributed by atoms with Gasteiger partial charge in [-0.3, -0.25) is 9.69 Å². The van der Waals surface area contributed by atoms with Crippen molar-refractivity contribution >= 4 is 39.1 Å². The van der Waals surface area contributed by atoms with Gasteiger partial charge in [-0.15, -0.1) is 0 Å². The largest absolute Gasteiger partial charge is 0.392 e. The lowest BCUT2D eigenvalue weighted by atomic mass is 10.2. The number of anilines is 1. The Hall–Kier alpha value is -1.54. The summed E-state index contributed by atoms with van der Waals surface area (Å²) in [5.74, 6) is -1.36. The van der Waals surface area contributed by atoms with Gasteiger partial charge in [0.25, 0.3) is 5.91 Å². The van der Waals surface area contributed by atoms with Crippen molar-refractivity contribution in [2.75, 3.05) is 18.4 Å². The molecule has 1 aliphatic heterocycles. The Bertz CT molecular complexity index is 805. The summed E-state index contributed by atoms with van der Waals surface area (Å²) in [6.07, 6.45) is 1.85. The van der Waals surface area contributed by atoms with Crippen LogP contribution >= 0.6 is 27.5 Å². The van der Waals surface area contributed by atoms with Crippen molar-refractivity contribution in [1.29, 1.82) is 0 Å². The Morgan fingerprint density at radius 2 is 2.32 bits per heavy atom. The van der Waals surface area contributed by atoms with Gasteiger partial charge in [0, 0.05) is 30.3 Å². The number of halogens is 3. The van der Waals surface area contributed by atoms with Crippen LogP contribution < -0.4 is 5.32 Å². The third kappa shape index (κ3) is 4.36. The van der Waals surface area contributed by atoms with Crippen LogP contribution in [-0.4, -0.2) is 40.1 Å². The molecule has 2 N–H and O–H groups in total. The van der Waals surface area contributed by atoms with Crippen molar-refractivity contribution in [3.63, 3.8) is 0 Å². The molecule has 1 aromatic heterocycles. The number of aliphatic hydroxyl groups excluding tert-OH is 1. The van der Waals surface area contributed by atoms with Crippen molar-refractivity contribution in [2.45, 2.75) is 19.1 Å². The van der Waals surface area contributed by atoms with E-state index in [0.29, 0.717) is 40.3 Å². The first-order valence-electron chi connectivity index (χ1n) is 7.74. The van der Waals surface area contributed by atoms with E-state index in [2.05, 4.69) is 26.2 Å². The maximum absolute atomic E-state index is 14.3. The smallest absolute Gasteiger partial charge is 0.277 e. The molecule has 1 fully saturated rings. The topological polar surface area (TPSA) is 65.5 Å². The van der Waals surface area contributed by atoms with Gasteiger partial charge in [0.1, 0.15) is 0 Å². The predicted molar refractivity (Wildman–Crippen MR) is 97.2 cm³/mol. The summed E-state index contributed by atoms with van der Waals surface area (Å²) >= 11 is 9.36. The number of hydrogen-bond donors (Lipinski definition) is 2. The number of β-amino-alcohol motifs (C(OH)–C–C–N with tert-alkyl or cyclic N) is 1. The number of hydrogen-bond acceptors (Lipinski definition) is 4. The minimum Gasteiger partial charge on any atom is -0.392 e. The first-order chi connectivity index (χ1) is 11.9. The van der Waals surface area contributed by atoms with E-state index in [-0.39, 0.29) is 11.8 Å². The fraction of sp³-hybridized carbons (Fsp3) is 0.294. The second kappa shape index (κ2) is 7.78. The molecule has 3 rings (SSSR count). The van der Waals surface area contributed by atoms with Crippen LogP contribution in [0.2, 0.25) is 5.02 Å². The van der Waals surface area contributed by atoms with Crippen LogP contribution in [-0.2, 0) is 6.54 Å². The molecular weight excluding hydrogens is 413 g/mol. The van der Waals surface area contributed by atoms with Gasteiger partial charge in [0.15, 0.2) is 11.5 Å². The van der Waals surface area contributed by atoms with Crippen LogP contribution in [0.15, 0.2) is 34.9 Å². The van der Waals surface area contributed by atoms with Gasteiger partial charge in [-0.2, -0.15) is 0 Å². The maximum Gasteiger partial charge on any atom is 0.277 e. The lowest BCUT2D eigenvalue weighted by Crippen LogP contribution is -2.22. The van der Waals surface area contributed by atoms with Crippen molar-refractivity contribution < 1.29 is 14.3 Å². The van der Waals surface area contributed by atoms with Gasteiger partial charge in [0.2, 0.25) is 0 Å². The number of pyridine rings is 1. The number of likely N-dealkylation sites (tertiary alicyclic amines) is 1. The van der Waals surface area contributed by atoms with Crippen LogP contribution in [0.4, 0.5) is 10.1 Å². The highest BCUT2D eigenvalue weighted by Crippen LogP contribution is 2.30. The molecule has 2 heterocycles. The second-order valence-electron chi connectivity index (χ2n) is 5.91. The molecular formula is C17H16BrClFN3O2. The third-order valence-electron chi connectivity index (χ3n) is 3.97. The molecule has 0 saturated carbocycles. The number of amides is 1. The van der Waals surface area contributed by atoms with Gasteiger partial charge in [-0.25, -0.2) is 9.37 Å². The van der Waals surface area contributed by atoms with Gasteiger partial charge in [-0.1, -0.05) is 17.7 Å². The van der Waals surface area contributed by atoms with E-state index in [1.165, 1.54) is 12.3 Å². The number of rotatable bonds is 4. The molecule has 0 bridgehead atoms. The summed E-state index contributed by atoms with van der Waals surface area (Å²) in [6.45, 7) is 1.80. The number of benzene rings is 1. The highest BCUT2D eigenvalue weighted by atomic mass is 79.9. The molecule has 0 unspecified atom stereocenters. The van der Waals surface area contributed by atoms with Crippen LogP contribution in [0.5, 0.6) is 0 Å². The predicted octanol–water partition coefficient (Wildman–Crippen LogP) is 3.46. The quantitative estimate of drug-likeness (QED) is 0.783. The monoisotopic (exact) mass is 427 g/mol. The zero-order valence-electron chi connectivity index (χ0n) is 13.2. The third-order valence-corrected chi connectivity index (χ3v) is 5.26. The van der Waals surface area contributed by atoms with Crippen LogP contribution in [0.3, 0.4) is 0 Å². The van der Waals surface area contributed by atoms with Crippen LogP contribution in [0, 0.1) is 5.82 Å². The molecule has 8 heteroatoms. The average Bonchev–Trinajstić information content (AvgIpc) is 2.97. The van der Waals surface area contributed by atoms with E-state index in [4.69, 9.17) is 11.6 Å². The Morgan fingerprint density at radius 3 is 3.00 bits per heavy atom. The van der Waals surface area contributed by atoms with Crippen molar-refractivity contribution in [2.24, 2.45) is 0 Å². The molecule has 1 aromatic carbocycles. The van der Waals surface area contributed by atoms with Gasteiger partial charge in [-0.05, 0) is 46.1 Å².